The first-order valence-corrected chi connectivity index (χ1v) is 4.41. The van der Waals surface area contributed by atoms with Gasteiger partial charge in [-0.3, -0.25) is 14.6 Å². The van der Waals surface area contributed by atoms with E-state index < -0.39 is 11.9 Å². The molecule has 1 aliphatic rings. The van der Waals surface area contributed by atoms with Gasteiger partial charge in [0, 0.05) is 19.5 Å². The molecule has 1 amide bonds. The predicted octanol–water partition coefficient (Wildman–Crippen LogP) is -0.166. The minimum absolute atomic E-state index is 0.113. The van der Waals surface area contributed by atoms with Gasteiger partial charge in [0.25, 0.3) is 0 Å². The van der Waals surface area contributed by atoms with Crippen LogP contribution < -0.4 is 5.43 Å². The molecule has 5 heteroatoms. The Morgan fingerprint density at radius 2 is 2.46 bits per heavy atom. The van der Waals surface area contributed by atoms with Gasteiger partial charge in [0.2, 0.25) is 5.91 Å². The Bertz CT molecular complexity index is 217. The van der Waals surface area contributed by atoms with Crippen LogP contribution in [0.15, 0.2) is 0 Å². The fourth-order valence-electron chi connectivity index (χ4n) is 1.30. The zero-order chi connectivity index (χ0) is 9.84. The van der Waals surface area contributed by atoms with Gasteiger partial charge >= 0.3 is 5.97 Å². The molecule has 1 rings (SSSR count). The van der Waals surface area contributed by atoms with Crippen LogP contribution in [0.1, 0.15) is 19.8 Å². The number of carboxylic acids is 1. The van der Waals surface area contributed by atoms with Crippen LogP contribution in [0.4, 0.5) is 0 Å². The maximum absolute atomic E-state index is 11.3. The zero-order valence-electron chi connectivity index (χ0n) is 7.62. The molecular formula is C8H14N2O3. The molecule has 0 spiro atoms. The van der Waals surface area contributed by atoms with E-state index in [-0.39, 0.29) is 12.3 Å². The molecule has 0 radical (unpaired) electrons. The summed E-state index contributed by atoms with van der Waals surface area (Å²) in [5, 5.41) is 10.2. The Morgan fingerprint density at radius 1 is 1.77 bits per heavy atom. The third-order valence-corrected chi connectivity index (χ3v) is 2.05. The van der Waals surface area contributed by atoms with Gasteiger partial charge in [-0.1, -0.05) is 6.92 Å². The van der Waals surface area contributed by atoms with Crippen molar-refractivity contribution in [3.8, 4) is 0 Å². The van der Waals surface area contributed by atoms with Gasteiger partial charge in [0.15, 0.2) is 0 Å². The van der Waals surface area contributed by atoms with E-state index in [0.717, 1.165) is 6.42 Å². The normalized spacial score (nSPS) is 23.3. The summed E-state index contributed by atoms with van der Waals surface area (Å²) in [7, 11) is 0. The number of carbonyl (C=O) groups is 2. The van der Waals surface area contributed by atoms with Crippen LogP contribution in [0.3, 0.4) is 0 Å². The highest BCUT2D eigenvalue weighted by Gasteiger charge is 2.29. The lowest BCUT2D eigenvalue weighted by molar-refractivity contribution is -0.151. The lowest BCUT2D eigenvalue weighted by Crippen LogP contribution is -2.52. The van der Waals surface area contributed by atoms with Crippen molar-refractivity contribution in [1.29, 1.82) is 0 Å². The van der Waals surface area contributed by atoms with Gasteiger partial charge in [0.1, 0.15) is 0 Å². The number of nitrogens with one attached hydrogen (secondary N) is 1. The molecule has 74 valence electrons. The van der Waals surface area contributed by atoms with E-state index in [9.17, 15) is 9.59 Å². The van der Waals surface area contributed by atoms with Crippen molar-refractivity contribution in [2.24, 2.45) is 5.92 Å². The Hall–Kier alpha value is -1.10. The molecule has 0 aliphatic carbocycles. The van der Waals surface area contributed by atoms with Crippen molar-refractivity contribution >= 4 is 11.9 Å². The van der Waals surface area contributed by atoms with Crippen molar-refractivity contribution in [1.82, 2.24) is 10.4 Å². The minimum Gasteiger partial charge on any atom is -0.481 e. The van der Waals surface area contributed by atoms with Crippen LogP contribution in [-0.2, 0) is 9.59 Å². The Morgan fingerprint density at radius 3 is 2.92 bits per heavy atom. The standard InChI is InChI=1S/C8H14N2O3/c1-2-3-10-7(11)4-6(5-9-10)8(12)13/h6,9H,2-5H2,1H3,(H,12,13). The maximum atomic E-state index is 11.3. The summed E-state index contributed by atoms with van der Waals surface area (Å²) in [5.41, 5.74) is 2.80. The van der Waals surface area contributed by atoms with Crippen LogP contribution in [0.5, 0.6) is 0 Å². The van der Waals surface area contributed by atoms with E-state index in [1.54, 1.807) is 0 Å². The molecule has 0 aromatic carbocycles. The predicted molar refractivity (Wildman–Crippen MR) is 45.7 cm³/mol. The molecule has 5 nitrogen and oxygen atoms in total. The highest BCUT2D eigenvalue weighted by atomic mass is 16.4. The van der Waals surface area contributed by atoms with Crippen LogP contribution in [0, 0.1) is 5.92 Å². The van der Waals surface area contributed by atoms with Crippen molar-refractivity contribution < 1.29 is 14.7 Å². The Labute approximate surface area is 76.7 Å². The number of aliphatic carboxylic acids is 1. The Kier molecular flexibility index (Phi) is 3.25. The van der Waals surface area contributed by atoms with E-state index in [2.05, 4.69) is 5.43 Å². The van der Waals surface area contributed by atoms with Gasteiger partial charge in [-0.15, -0.1) is 0 Å². The van der Waals surface area contributed by atoms with Crippen LogP contribution in [0.2, 0.25) is 0 Å². The first-order chi connectivity index (χ1) is 6.15. The van der Waals surface area contributed by atoms with Gasteiger partial charge < -0.3 is 5.11 Å². The fourth-order valence-corrected chi connectivity index (χ4v) is 1.30. The quantitative estimate of drug-likeness (QED) is 0.642. The van der Waals surface area contributed by atoms with Gasteiger partial charge in [0.05, 0.1) is 5.92 Å². The van der Waals surface area contributed by atoms with Crippen molar-refractivity contribution in [3.63, 3.8) is 0 Å². The molecule has 1 saturated heterocycles. The van der Waals surface area contributed by atoms with Crippen molar-refractivity contribution in [2.45, 2.75) is 19.8 Å². The number of hydrogen-bond donors (Lipinski definition) is 2. The van der Waals surface area contributed by atoms with Crippen molar-refractivity contribution in [3.05, 3.63) is 0 Å². The summed E-state index contributed by atoms with van der Waals surface area (Å²) in [6.07, 6.45) is 0.985. The van der Waals surface area contributed by atoms with E-state index in [1.165, 1.54) is 5.01 Å². The summed E-state index contributed by atoms with van der Waals surface area (Å²) in [4.78, 5) is 21.9. The van der Waals surface area contributed by atoms with Gasteiger partial charge in [-0.25, -0.2) is 5.43 Å². The summed E-state index contributed by atoms with van der Waals surface area (Å²) < 4.78 is 0. The summed E-state index contributed by atoms with van der Waals surface area (Å²) >= 11 is 0. The van der Waals surface area contributed by atoms with E-state index in [0.29, 0.717) is 13.1 Å². The van der Waals surface area contributed by atoms with E-state index in [1.807, 2.05) is 6.92 Å². The molecule has 1 fully saturated rings. The summed E-state index contributed by atoms with van der Waals surface area (Å²) in [6.45, 7) is 2.96. The molecule has 1 heterocycles. The Balaban J connectivity index is 2.46. The van der Waals surface area contributed by atoms with E-state index in [4.69, 9.17) is 5.11 Å². The molecule has 0 bridgehead atoms. The molecule has 1 unspecified atom stereocenters. The van der Waals surface area contributed by atoms with Crippen LogP contribution >= 0.6 is 0 Å². The van der Waals surface area contributed by atoms with Crippen LogP contribution in [0.25, 0.3) is 0 Å². The largest absolute Gasteiger partial charge is 0.481 e. The van der Waals surface area contributed by atoms with Crippen molar-refractivity contribution in [2.75, 3.05) is 13.1 Å². The van der Waals surface area contributed by atoms with E-state index >= 15 is 0 Å². The minimum atomic E-state index is -0.906. The van der Waals surface area contributed by atoms with Gasteiger partial charge in [-0.2, -0.15) is 0 Å². The molecule has 1 aliphatic heterocycles. The number of carboxylic acid groups (broad SMARTS) is 1. The number of hydrogen-bond acceptors (Lipinski definition) is 3. The number of hydrazine groups is 1. The first kappa shape index (κ1) is 9.98. The molecule has 0 aromatic heterocycles. The molecule has 1 atom stereocenters. The number of carbonyl (C=O) groups excluding carboxylic acids is 1. The highest BCUT2D eigenvalue weighted by molar-refractivity contribution is 5.83. The molecule has 0 aromatic rings. The second-order valence-electron chi connectivity index (χ2n) is 3.15. The molecular weight excluding hydrogens is 172 g/mol. The lowest BCUT2D eigenvalue weighted by atomic mass is 10.0. The fraction of sp³-hybridized carbons (Fsp3) is 0.750. The number of rotatable bonds is 3. The SMILES string of the molecule is CCCN1NCC(C(=O)O)CC1=O. The molecule has 0 saturated carbocycles. The van der Waals surface area contributed by atoms with Crippen LogP contribution in [-0.4, -0.2) is 35.1 Å². The average Bonchev–Trinajstić information content (AvgIpc) is 2.08. The number of amides is 1. The number of nitrogens with zero attached hydrogens (tertiary/aromatic N) is 1. The zero-order valence-corrected chi connectivity index (χ0v) is 7.62. The average molecular weight is 186 g/mol. The molecule has 13 heavy (non-hydrogen) atoms. The third kappa shape index (κ3) is 2.42. The topological polar surface area (TPSA) is 69.6 Å². The second-order valence-corrected chi connectivity index (χ2v) is 3.15. The third-order valence-electron chi connectivity index (χ3n) is 2.05. The summed E-state index contributed by atoms with van der Waals surface area (Å²) in [6, 6.07) is 0. The van der Waals surface area contributed by atoms with Gasteiger partial charge in [-0.05, 0) is 6.42 Å². The maximum Gasteiger partial charge on any atom is 0.308 e. The second kappa shape index (κ2) is 4.23. The summed E-state index contributed by atoms with van der Waals surface area (Å²) in [5.74, 6) is -1.60. The first-order valence-electron chi connectivity index (χ1n) is 4.41. The smallest absolute Gasteiger partial charge is 0.308 e. The highest BCUT2D eigenvalue weighted by Crippen LogP contribution is 2.10. The lowest BCUT2D eigenvalue weighted by Gasteiger charge is -2.30. The monoisotopic (exact) mass is 186 g/mol. The molecule has 2 N–H and O–H groups in total.